The minimum Gasteiger partial charge on any atom is -0.385 e. The molecular formula is C11H23NOS. The molecule has 0 bridgehead atoms. The average Bonchev–Trinajstić information content (AvgIpc) is 2.69. The molecule has 3 atom stereocenters. The van der Waals surface area contributed by atoms with Gasteiger partial charge < -0.3 is 10.1 Å². The molecule has 1 rings (SSSR count). The van der Waals surface area contributed by atoms with Gasteiger partial charge in [-0.1, -0.05) is 6.92 Å². The van der Waals surface area contributed by atoms with Crippen molar-refractivity contribution in [2.75, 3.05) is 26.5 Å². The molecule has 0 aromatic carbocycles. The van der Waals surface area contributed by atoms with E-state index in [1.54, 1.807) is 7.11 Å². The van der Waals surface area contributed by atoms with E-state index in [9.17, 15) is 0 Å². The largest absolute Gasteiger partial charge is 0.385 e. The molecule has 84 valence electrons. The first kappa shape index (κ1) is 12.3. The first-order valence-corrected chi connectivity index (χ1v) is 6.62. The van der Waals surface area contributed by atoms with Crippen molar-refractivity contribution < 1.29 is 4.74 Å². The Morgan fingerprint density at radius 3 is 2.86 bits per heavy atom. The van der Waals surface area contributed by atoms with Gasteiger partial charge in [-0.05, 0) is 38.0 Å². The Balaban J connectivity index is 2.34. The van der Waals surface area contributed by atoms with Gasteiger partial charge in [0.1, 0.15) is 0 Å². The molecule has 14 heavy (non-hydrogen) atoms. The first-order chi connectivity index (χ1) is 6.79. The minimum absolute atomic E-state index is 0.664. The quantitative estimate of drug-likeness (QED) is 0.736. The average molecular weight is 217 g/mol. The van der Waals surface area contributed by atoms with E-state index in [0.717, 1.165) is 17.8 Å². The number of hydrogen-bond donors (Lipinski definition) is 1. The van der Waals surface area contributed by atoms with Gasteiger partial charge in [0, 0.05) is 25.0 Å². The number of thioether (sulfide) groups is 1. The van der Waals surface area contributed by atoms with E-state index in [0.29, 0.717) is 6.04 Å². The molecule has 0 saturated carbocycles. The van der Waals surface area contributed by atoms with E-state index in [2.05, 4.69) is 31.1 Å². The number of ether oxygens (including phenoxy) is 1. The Morgan fingerprint density at radius 1 is 1.57 bits per heavy atom. The summed E-state index contributed by atoms with van der Waals surface area (Å²) < 4.78 is 5.14. The predicted molar refractivity (Wildman–Crippen MR) is 64.0 cm³/mol. The normalized spacial score (nSPS) is 26.4. The van der Waals surface area contributed by atoms with Gasteiger partial charge in [0.2, 0.25) is 0 Å². The molecule has 1 heterocycles. The maximum absolute atomic E-state index is 5.14. The van der Waals surface area contributed by atoms with Crippen LogP contribution in [0, 0.1) is 5.92 Å². The summed E-state index contributed by atoms with van der Waals surface area (Å²) in [5.74, 6) is 2.07. The lowest BCUT2D eigenvalue weighted by Crippen LogP contribution is -2.40. The van der Waals surface area contributed by atoms with Crippen LogP contribution in [0.3, 0.4) is 0 Å². The lowest BCUT2D eigenvalue weighted by molar-refractivity contribution is 0.170. The number of rotatable bonds is 6. The number of hydrogen-bond acceptors (Lipinski definition) is 3. The van der Waals surface area contributed by atoms with Gasteiger partial charge in [-0.15, -0.1) is 0 Å². The molecule has 0 amide bonds. The topological polar surface area (TPSA) is 21.3 Å². The standard InChI is InChI=1S/C11H23NOS/c1-9(6-7-13-3)11(12-2)10-5-4-8-14-10/h9-12H,4-8H2,1-3H3. The molecule has 0 aromatic rings. The van der Waals surface area contributed by atoms with Gasteiger partial charge in [-0.25, -0.2) is 0 Å². The van der Waals surface area contributed by atoms with Gasteiger partial charge >= 0.3 is 0 Å². The van der Waals surface area contributed by atoms with Crippen molar-refractivity contribution >= 4 is 11.8 Å². The van der Waals surface area contributed by atoms with Gasteiger partial charge in [-0.2, -0.15) is 11.8 Å². The number of nitrogens with one attached hydrogen (secondary N) is 1. The van der Waals surface area contributed by atoms with E-state index in [1.807, 2.05) is 0 Å². The summed E-state index contributed by atoms with van der Waals surface area (Å²) in [5, 5.41) is 4.30. The fourth-order valence-electron chi connectivity index (χ4n) is 2.21. The van der Waals surface area contributed by atoms with Gasteiger partial charge in [0.25, 0.3) is 0 Å². The maximum Gasteiger partial charge on any atom is 0.0465 e. The van der Waals surface area contributed by atoms with Gasteiger partial charge in [0.15, 0.2) is 0 Å². The van der Waals surface area contributed by atoms with Crippen molar-refractivity contribution in [1.29, 1.82) is 0 Å². The van der Waals surface area contributed by atoms with E-state index < -0.39 is 0 Å². The summed E-state index contributed by atoms with van der Waals surface area (Å²) in [4.78, 5) is 0. The van der Waals surface area contributed by atoms with Crippen molar-refractivity contribution in [2.45, 2.75) is 37.5 Å². The Labute approximate surface area is 92.2 Å². The number of methoxy groups -OCH3 is 1. The molecule has 1 fully saturated rings. The molecule has 2 nitrogen and oxygen atoms in total. The van der Waals surface area contributed by atoms with Crippen molar-refractivity contribution in [3.05, 3.63) is 0 Å². The monoisotopic (exact) mass is 217 g/mol. The molecule has 1 aliphatic heterocycles. The fraction of sp³-hybridized carbons (Fsp3) is 1.00. The van der Waals surface area contributed by atoms with Crippen LogP contribution in [0.5, 0.6) is 0 Å². The summed E-state index contributed by atoms with van der Waals surface area (Å²) in [6.07, 6.45) is 3.94. The molecular weight excluding hydrogens is 194 g/mol. The van der Waals surface area contributed by atoms with Crippen molar-refractivity contribution in [1.82, 2.24) is 5.32 Å². The molecule has 3 unspecified atom stereocenters. The predicted octanol–water partition coefficient (Wildman–Crippen LogP) is 2.14. The maximum atomic E-state index is 5.14. The zero-order chi connectivity index (χ0) is 10.4. The Bertz CT molecular complexity index is 148. The van der Waals surface area contributed by atoms with E-state index >= 15 is 0 Å². The van der Waals surface area contributed by atoms with Crippen LogP contribution in [-0.2, 0) is 4.74 Å². The van der Waals surface area contributed by atoms with Crippen molar-refractivity contribution in [3.8, 4) is 0 Å². The highest BCUT2D eigenvalue weighted by atomic mass is 32.2. The summed E-state index contributed by atoms with van der Waals surface area (Å²) >= 11 is 2.13. The van der Waals surface area contributed by atoms with E-state index in [4.69, 9.17) is 4.74 Å². The summed E-state index contributed by atoms with van der Waals surface area (Å²) in [6, 6.07) is 0.664. The van der Waals surface area contributed by atoms with E-state index in [-0.39, 0.29) is 0 Å². The van der Waals surface area contributed by atoms with Crippen LogP contribution in [-0.4, -0.2) is 37.8 Å². The lowest BCUT2D eigenvalue weighted by atomic mass is 9.94. The molecule has 1 aliphatic rings. The molecule has 0 aliphatic carbocycles. The fourth-order valence-corrected chi connectivity index (χ4v) is 3.79. The zero-order valence-electron chi connectivity index (χ0n) is 9.58. The van der Waals surface area contributed by atoms with Crippen LogP contribution in [0.4, 0.5) is 0 Å². The minimum atomic E-state index is 0.664. The molecule has 0 spiro atoms. The van der Waals surface area contributed by atoms with Crippen LogP contribution in [0.25, 0.3) is 0 Å². The Hall–Kier alpha value is 0.270. The SMILES string of the molecule is CNC(C(C)CCOC)C1CCCS1. The summed E-state index contributed by atoms with van der Waals surface area (Å²) in [6.45, 7) is 3.22. The second-order valence-electron chi connectivity index (χ2n) is 4.12. The van der Waals surface area contributed by atoms with E-state index in [1.165, 1.54) is 25.0 Å². The molecule has 1 saturated heterocycles. The molecule has 0 aromatic heterocycles. The lowest BCUT2D eigenvalue weighted by Gasteiger charge is -2.28. The second kappa shape index (κ2) is 6.70. The first-order valence-electron chi connectivity index (χ1n) is 5.57. The Morgan fingerprint density at radius 2 is 2.36 bits per heavy atom. The van der Waals surface area contributed by atoms with Crippen LogP contribution in [0.15, 0.2) is 0 Å². The zero-order valence-corrected chi connectivity index (χ0v) is 10.4. The highest BCUT2D eigenvalue weighted by Gasteiger charge is 2.28. The third-order valence-corrected chi connectivity index (χ3v) is 4.57. The summed E-state index contributed by atoms with van der Waals surface area (Å²) in [5.41, 5.74) is 0. The third-order valence-electron chi connectivity index (χ3n) is 3.09. The smallest absolute Gasteiger partial charge is 0.0465 e. The van der Waals surface area contributed by atoms with Gasteiger partial charge in [0.05, 0.1) is 0 Å². The van der Waals surface area contributed by atoms with Crippen molar-refractivity contribution in [3.63, 3.8) is 0 Å². The summed E-state index contributed by atoms with van der Waals surface area (Å²) in [7, 11) is 3.87. The highest BCUT2D eigenvalue weighted by molar-refractivity contribution is 8.00. The van der Waals surface area contributed by atoms with Crippen molar-refractivity contribution in [2.24, 2.45) is 5.92 Å². The van der Waals surface area contributed by atoms with Crippen LogP contribution in [0.2, 0.25) is 0 Å². The van der Waals surface area contributed by atoms with Gasteiger partial charge in [-0.3, -0.25) is 0 Å². The third kappa shape index (κ3) is 3.44. The molecule has 3 heteroatoms. The Kier molecular flexibility index (Phi) is 5.90. The van der Waals surface area contributed by atoms with Crippen LogP contribution < -0.4 is 5.32 Å². The molecule has 0 radical (unpaired) electrons. The second-order valence-corrected chi connectivity index (χ2v) is 5.47. The van der Waals surface area contributed by atoms with Crippen LogP contribution >= 0.6 is 11.8 Å². The molecule has 1 N–H and O–H groups in total. The highest BCUT2D eigenvalue weighted by Crippen LogP contribution is 2.32. The van der Waals surface area contributed by atoms with Crippen LogP contribution in [0.1, 0.15) is 26.2 Å².